The molecule has 21 heavy (non-hydrogen) atoms. The zero-order chi connectivity index (χ0) is 14.8. The molecular formula is C18H22N2O. The number of benzene rings is 2. The minimum atomic E-state index is 0.341. The summed E-state index contributed by atoms with van der Waals surface area (Å²) in [4.78, 5) is 0. The maximum Gasteiger partial charge on any atom is 0.140 e. The van der Waals surface area contributed by atoms with Crippen molar-refractivity contribution in [3.8, 4) is 5.75 Å². The minimum absolute atomic E-state index is 0.341. The lowest BCUT2D eigenvalue weighted by Gasteiger charge is -2.38. The van der Waals surface area contributed by atoms with E-state index in [9.17, 15) is 5.11 Å². The Hall–Kier alpha value is -2.00. The summed E-state index contributed by atoms with van der Waals surface area (Å²) in [5.41, 5.74) is 3.74. The summed E-state index contributed by atoms with van der Waals surface area (Å²) in [7, 11) is 2.08. The molecule has 1 N–H and O–H groups in total. The van der Waals surface area contributed by atoms with E-state index in [4.69, 9.17) is 0 Å². The van der Waals surface area contributed by atoms with Gasteiger partial charge < -0.3 is 5.11 Å². The molecule has 0 spiro atoms. The van der Waals surface area contributed by atoms with Crippen molar-refractivity contribution < 1.29 is 5.11 Å². The smallest absolute Gasteiger partial charge is 0.140 e. The summed E-state index contributed by atoms with van der Waals surface area (Å²) in [5, 5.41) is 14.7. The molecule has 0 heterocycles. The van der Waals surface area contributed by atoms with Crippen LogP contribution in [0.5, 0.6) is 5.75 Å². The molecule has 0 bridgehead atoms. The van der Waals surface area contributed by atoms with Crippen molar-refractivity contribution in [3.63, 3.8) is 0 Å². The van der Waals surface area contributed by atoms with Crippen LogP contribution in [0.15, 0.2) is 48.5 Å². The number of phenols is 1. The lowest BCUT2D eigenvalue weighted by atomic mass is 10.1. The van der Waals surface area contributed by atoms with E-state index >= 15 is 0 Å². The van der Waals surface area contributed by atoms with Crippen molar-refractivity contribution in [1.29, 1.82) is 0 Å². The zero-order valence-corrected chi connectivity index (χ0v) is 12.7. The molecule has 0 atom stereocenters. The highest BCUT2D eigenvalue weighted by Crippen LogP contribution is 2.34. The summed E-state index contributed by atoms with van der Waals surface area (Å²) in [6.07, 6.45) is 2.05. The highest BCUT2D eigenvalue weighted by Gasteiger charge is 2.30. The third-order valence-corrected chi connectivity index (χ3v) is 4.33. The molecule has 0 amide bonds. The molecule has 0 aromatic heterocycles. The Labute approximate surface area is 126 Å². The molecule has 0 radical (unpaired) electrons. The van der Waals surface area contributed by atoms with E-state index in [1.807, 2.05) is 18.2 Å². The largest absolute Gasteiger partial charge is 0.506 e. The fourth-order valence-corrected chi connectivity index (χ4v) is 3.18. The molecule has 0 aliphatic heterocycles. The number of nitrogens with zero attached hydrogens (tertiary/aromatic N) is 2. The van der Waals surface area contributed by atoms with Gasteiger partial charge in [-0.25, -0.2) is 5.01 Å². The van der Waals surface area contributed by atoms with Crippen LogP contribution in [0.1, 0.15) is 18.1 Å². The summed E-state index contributed by atoms with van der Waals surface area (Å²) in [6.45, 7) is 3.04. The molecule has 2 aromatic carbocycles. The summed E-state index contributed by atoms with van der Waals surface area (Å²) < 4.78 is 0. The summed E-state index contributed by atoms with van der Waals surface area (Å²) >= 11 is 0. The Morgan fingerprint density at radius 2 is 1.57 bits per heavy atom. The van der Waals surface area contributed by atoms with Gasteiger partial charge in [0.05, 0.1) is 11.7 Å². The zero-order valence-electron chi connectivity index (χ0n) is 12.7. The first-order valence-corrected chi connectivity index (χ1v) is 7.55. The Kier molecular flexibility index (Phi) is 3.84. The second-order valence-corrected chi connectivity index (χ2v) is 5.64. The summed E-state index contributed by atoms with van der Waals surface area (Å²) in [6, 6.07) is 16.6. The van der Waals surface area contributed by atoms with Crippen molar-refractivity contribution in [2.75, 3.05) is 18.6 Å². The number of para-hydroxylation sites is 2. The van der Waals surface area contributed by atoms with Crippen molar-refractivity contribution in [1.82, 2.24) is 5.01 Å². The lowest BCUT2D eigenvalue weighted by Crippen LogP contribution is -2.47. The molecule has 1 aliphatic carbocycles. The van der Waals surface area contributed by atoms with Gasteiger partial charge in [-0.3, -0.25) is 5.01 Å². The number of hydrogen-bond acceptors (Lipinski definition) is 3. The molecule has 0 saturated carbocycles. The third kappa shape index (κ3) is 2.61. The van der Waals surface area contributed by atoms with Crippen molar-refractivity contribution >= 4 is 5.69 Å². The second kappa shape index (κ2) is 5.78. The first kappa shape index (κ1) is 14.0. The Morgan fingerprint density at radius 3 is 2.14 bits per heavy atom. The minimum Gasteiger partial charge on any atom is -0.506 e. The molecule has 1 aliphatic rings. The maximum absolute atomic E-state index is 10.2. The van der Waals surface area contributed by atoms with E-state index in [1.165, 1.54) is 11.1 Å². The quantitative estimate of drug-likeness (QED) is 0.872. The molecule has 3 heteroatoms. The average molecular weight is 282 g/mol. The molecule has 0 fully saturated rings. The van der Waals surface area contributed by atoms with Crippen LogP contribution < -0.4 is 5.01 Å². The van der Waals surface area contributed by atoms with Gasteiger partial charge in [-0.05, 0) is 36.1 Å². The van der Waals surface area contributed by atoms with E-state index in [2.05, 4.69) is 48.3 Å². The van der Waals surface area contributed by atoms with Crippen LogP contribution in [0.3, 0.4) is 0 Å². The normalized spacial score (nSPS) is 14.4. The molecule has 0 saturated heterocycles. The van der Waals surface area contributed by atoms with E-state index < -0.39 is 0 Å². The van der Waals surface area contributed by atoms with Gasteiger partial charge in [0.2, 0.25) is 0 Å². The molecule has 3 nitrogen and oxygen atoms in total. The van der Waals surface area contributed by atoms with Crippen molar-refractivity contribution in [2.45, 2.75) is 25.8 Å². The molecule has 0 unspecified atom stereocenters. The first-order valence-electron chi connectivity index (χ1n) is 7.55. The van der Waals surface area contributed by atoms with Gasteiger partial charge in [0.15, 0.2) is 0 Å². The summed E-state index contributed by atoms with van der Waals surface area (Å²) in [5.74, 6) is 0.341. The molecule has 3 rings (SSSR count). The van der Waals surface area contributed by atoms with Crippen LogP contribution in [-0.4, -0.2) is 29.7 Å². The van der Waals surface area contributed by atoms with Crippen molar-refractivity contribution in [2.24, 2.45) is 0 Å². The van der Waals surface area contributed by atoms with E-state index in [0.29, 0.717) is 11.8 Å². The van der Waals surface area contributed by atoms with E-state index in [-0.39, 0.29) is 0 Å². The van der Waals surface area contributed by atoms with Gasteiger partial charge in [0.1, 0.15) is 5.75 Å². The number of hydrazine groups is 1. The number of anilines is 1. The fourth-order valence-electron chi connectivity index (χ4n) is 3.18. The van der Waals surface area contributed by atoms with Gasteiger partial charge in [0.25, 0.3) is 0 Å². The second-order valence-electron chi connectivity index (χ2n) is 5.64. The number of hydrogen-bond donors (Lipinski definition) is 1. The van der Waals surface area contributed by atoms with Gasteiger partial charge in [-0.1, -0.05) is 43.3 Å². The number of aromatic hydroxyl groups is 1. The van der Waals surface area contributed by atoms with Gasteiger partial charge in [-0.2, -0.15) is 0 Å². The van der Waals surface area contributed by atoms with Crippen LogP contribution in [0.2, 0.25) is 0 Å². The predicted molar refractivity (Wildman–Crippen MR) is 86.5 cm³/mol. The molecule has 2 aromatic rings. The van der Waals surface area contributed by atoms with Gasteiger partial charge in [-0.15, -0.1) is 0 Å². The van der Waals surface area contributed by atoms with E-state index in [0.717, 1.165) is 25.1 Å². The fraction of sp³-hybridized carbons (Fsp3) is 0.333. The standard InChI is InChI=1S/C18H22N2O/c1-3-19(2)20(17-10-6-7-11-18(17)21)16-12-14-8-4-5-9-15(14)13-16/h4-11,16,21H,3,12-13H2,1-2H3. The number of fused-ring (bicyclic) bond motifs is 1. The van der Waals surface area contributed by atoms with Crippen LogP contribution in [-0.2, 0) is 12.8 Å². The van der Waals surface area contributed by atoms with Crippen LogP contribution in [0.4, 0.5) is 5.69 Å². The lowest BCUT2D eigenvalue weighted by molar-refractivity contribution is 0.281. The van der Waals surface area contributed by atoms with Crippen LogP contribution in [0.25, 0.3) is 0 Å². The monoisotopic (exact) mass is 282 g/mol. The highest BCUT2D eigenvalue weighted by molar-refractivity contribution is 5.58. The van der Waals surface area contributed by atoms with Crippen LogP contribution in [0, 0.1) is 0 Å². The van der Waals surface area contributed by atoms with Gasteiger partial charge in [0, 0.05) is 13.6 Å². The Morgan fingerprint density at radius 1 is 1.00 bits per heavy atom. The van der Waals surface area contributed by atoms with Gasteiger partial charge >= 0.3 is 0 Å². The highest BCUT2D eigenvalue weighted by atomic mass is 16.3. The van der Waals surface area contributed by atoms with Crippen molar-refractivity contribution in [3.05, 3.63) is 59.7 Å². The van der Waals surface area contributed by atoms with Crippen LogP contribution >= 0.6 is 0 Å². The number of rotatable bonds is 4. The van der Waals surface area contributed by atoms with E-state index in [1.54, 1.807) is 6.07 Å². The average Bonchev–Trinajstić information content (AvgIpc) is 2.92. The predicted octanol–water partition coefficient (Wildman–Crippen LogP) is 3.23. The molecular weight excluding hydrogens is 260 g/mol. The number of phenolic OH excluding ortho intramolecular Hbond substituents is 1. The first-order chi connectivity index (χ1) is 10.2. The third-order valence-electron chi connectivity index (χ3n) is 4.33. The SMILES string of the molecule is CCN(C)N(c1ccccc1O)C1Cc2ccccc2C1. The Bertz CT molecular complexity index is 601. The topological polar surface area (TPSA) is 26.7 Å². The Balaban J connectivity index is 1.94. The maximum atomic E-state index is 10.2. The molecule has 110 valence electrons.